The molecule has 4 nitrogen and oxygen atoms in total. The zero-order valence-electron chi connectivity index (χ0n) is 8.52. The molecule has 1 aromatic heterocycles. The number of rotatable bonds is 4. The number of hydrogen-bond acceptors (Lipinski definition) is 3. The fourth-order valence-electron chi connectivity index (χ4n) is 2.38. The van der Waals surface area contributed by atoms with Gasteiger partial charge < -0.3 is 5.73 Å². The summed E-state index contributed by atoms with van der Waals surface area (Å²) in [6.07, 6.45) is 9.77. The van der Waals surface area contributed by atoms with E-state index in [4.69, 9.17) is 5.73 Å². The second-order valence-electron chi connectivity index (χ2n) is 4.32. The van der Waals surface area contributed by atoms with Crippen LogP contribution in [0.1, 0.15) is 32.1 Å². The average Bonchev–Trinajstić information content (AvgIpc) is 2.87. The van der Waals surface area contributed by atoms with Crippen molar-refractivity contribution in [3.8, 4) is 0 Å². The van der Waals surface area contributed by atoms with Crippen LogP contribution in [0.15, 0.2) is 12.7 Å². The molecule has 0 unspecified atom stereocenters. The Morgan fingerprint density at radius 2 is 2.14 bits per heavy atom. The summed E-state index contributed by atoms with van der Waals surface area (Å²) in [5.41, 5.74) is 6.26. The van der Waals surface area contributed by atoms with Gasteiger partial charge >= 0.3 is 0 Å². The zero-order chi connectivity index (χ0) is 9.86. The van der Waals surface area contributed by atoms with Crippen LogP contribution in [0.2, 0.25) is 0 Å². The van der Waals surface area contributed by atoms with Crippen LogP contribution in [0.3, 0.4) is 0 Å². The van der Waals surface area contributed by atoms with Gasteiger partial charge in [0.15, 0.2) is 0 Å². The third-order valence-corrected chi connectivity index (χ3v) is 3.44. The van der Waals surface area contributed by atoms with Crippen LogP contribution in [0.5, 0.6) is 0 Å². The average molecular weight is 194 g/mol. The number of aromatic nitrogens is 3. The zero-order valence-corrected chi connectivity index (χ0v) is 8.52. The third kappa shape index (κ3) is 1.95. The van der Waals surface area contributed by atoms with Crippen molar-refractivity contribution in [3.63, 3.8) is 0 Å². The molecule has 1 aliphatic rings. The molecule has 1 aromatic rings. The molecule has 1 fully saturated rings. The van der Waals surface area contributed by atoms with Crippen molar-refractivity contribution in [2.75, 3.05) is 6.54 Å². The van der Waals surface area contributed by atoms with E-state index in [2.05, 4.69) is 10.1 Å². The van der Waals surface area contributed by atoms with Crippen molar-refractivity contribution in [1.29, 1.82) is 0 Å². The van der Waals surface area contributed by atoms with Crippen LogP contribution in [0, 0.1) is 5.41 Å². The standard InChI is InChI=1S/C10H18N4/c11-7-10(3-1-2-4-10)5-6-14-9-12-8-13-14/h8-9H,1-7,11H2. The Bertz CT molecular complexity index is 262. The molecule has 0 radical (unpaired) electrons. The number of hydrogen-bond donors (Lipinski definition) is 1. The van der Waals surface area contributed by atoms with E-state index < -0.39 is 0 Å². The number of aryl methyl sites for hydroxylation is 1. The van der Waals surface area contributed by atoms with Gasteiger partial charge in [-0.15, -0.1) is 0 Å². The summed E-state index contributed by atoms with van der Waals surface area (Å²) < 4.78 is 1.90. The van der Waals surface area contributed by atoms with Gasteiger partial charge in [0.25, 0.3) is 0 Å². The lowest BCUT2D eigenvalue weighted by atomic mass is 9.83. The van der Waals surface area contributed by atoms with Gasteiger partial charge in [-0.1, -0.05) is 12.8 Å². The predicted molar refractivity (Wildman–Crippen MR) is 54.6 cm³/mol. The molecule has 1 saturated carbocycles. The predicted octanol–water partition coefficient (Wildman–Crippen LogP) is 1.19. The Balaban J connectivity index is 1.89. The Hall–Kier alpha value is -0.900. The molecule has 1 aliphatic carbocycles. The first-order valence-electron chi connectivity index (χ1n) is 5.37. The molecule has 78 valence electrons. The van der Waals surface area contributed by atoms with E-state index in [9.17, 15) is 0 Å². The van der Waals surface area contributed by atoms with Crippen molar-refractivity contribution < 1.29 is 0 Å². The largest absolute Gasteiger partial charge is 0.330 e. The van der Waals surface area contributed by atoms with Crippen LogP contribution in [-0.4, -0.2) is 21.3 Å². The van der Waals surface area contributed by atoms with Crippen molar-refractivity contribution in [2.45, 2.75) is 38.6 Å². The minimum atomic E-state index is 0.395. The summed E-state index contributed by atoms with van der Waals surface area (Å²) in [6.45, 7) is 1.78. The monoisotopic (exact) mass is 194 g/mol. The maximum atomic E-state index is 5.86. The maximum Gasteiger partial charge on any atom is 0.137 e. The highest BCUT2D eigenvalue weighted by Crippen LogP contribution is 2.40. The van der Waals surface area contributed by atoms with Crippen LogP contribution in [-0.2, 0) is 6.54 Å². The highest BCUT2D eigenvalue weighted by Gasteiger charge is 2.31. The second kappa shape index (κ2) is 4.09. The smallest absolute Gasteiger partial charge is 0.137 e. The first kappa shape index (κ1) is 9.65. The highest BCUT2D eigenvalue weighted by atomic mass is 15.3. The van der Waals surface area contributed by atoms with Crippen LogP contribution in [0.25, 0.3) is 0 Å². The summed E-state index contributed by atoms with van der Waals surface area (Å²) in [7, 11) is 0. The second-order valence-corrected chi connectivity index (χ2v) is 4.32. The molecule has 0 aliphatic heterocycles. The van der Waals surface area contributed by atoms with E-state index in [0.717, 1.165) is 19.5 Å². The Kier molecular flexibility index (Phi) is 2.82. The number of nitrogens with two attached hydrogens (primary N) is 1. The summed E-state index contributed by atoms with van der Waals surface area (Å²) in [6, 6.07) is 0. The minimum absolute atomic E-state index is 0.395. The molecule has 2 rings (SSSR count). The molecule has 0 atom stereocenters. The van der Waals surface area contributed by atoms with Gasteiger partial charge in [-0.25, -0.2) is 4.98 Å². The molecular formula is C10H18N4. The van der Waals surface area contributed by atoms with Gasteiger partial charge in [-0.05, 0) is 31.2 Å². The van der Waals surface area contributed by atoms with E-state index in [1.54, 1.807) is 12.7 Å². The fraction of sp³-hybridized carbons (Fsp3) is 0.800. The van der Waals surface area contributed by atoms with Crippen LogP contribution < -0.4 is 5.73 Å². The van der Waals surface area contributed by atoms with E-state index >= 15 is 0 Å². The van der Waals surface area contributed by atoms with Crippen molar-refractivity contribution in [2.24, 2.45) is 11.1 Å². The Labute approximate surface area is 84.5 Å². The molecule has 14 heavy (non-hydrogen) atoms. The normalized spacial score (nSPS) is 20.1. The summed E-state index contributed by atoms with van der Waals surface area (Å²) in [5.74, 6) is 0. The molecule has 0 spiro atoms. The van der Waals surface area contributed by atoms with Gasteiger partial charge in [0.05, 0.1) is 0 Å². The Morgan fingerprint density at radius 3 is 2.71 bits per heavy atom. The molecule has 0 bridgehead atoms. The topological polar surface area (TPSA) is 56.7 Å². The summed E-state index contributed by atoms with van der Waals surface area (Å²) in [4.78, 5) is 3.94. The van der Waals surface area contributed by atoms with Crippen molar-refractivity contribution in [3.05, 3.63) is 12.7 Å². The van der Waals surface area contributed by atoms with Crippen molar-refractivity contribution in [1.82, 2.24) is 14.8 Å². The lowest BCUT2D eigenvalue weighted by molar-refractivity contribution is 0.261. The molecule has 0 amide bonds. The first-order chi connectivity index (χ1) is 6.85. The lowest BCUT2D eigenvalue weighted by Gasteiger charge is -2.26. The van der Waals surface area contributed by atoms with Crippen LogP contribution in [0.4, 0.5) is 0 Å². The molecule has 0 saturated heterocycles. The van der Waals surface area contributed by atoms with Gasteiger partial charge in [0.1, 0.15) is 12.7 Å². The third-order valence-electron chi connectivity index (χ3n) is 3.44. The van der Waals surface area contributed by atoms with Gasteiger partial charge in [0, 0.05) is 6.54 Å². The van der Waals surface area contributed by atoms with Gasteiger partial charge in [0.2, 0.25) is 0 Å². The maximum absolute atomic E-state index is 5.86. The SMILES string of the molecule is NCC1(CCn2cncn2)CCCC1. The van der Waals surface area contributed by atoms with E-state index in [0.29, 0.717) is 5.41 Å². The van der Waals surface area contributed by atoms with E-state index in [1.165, 1.54) is 25.7 Å². The quantitative estimate of drug-likeness (QED) is 0.783. The molecule has 4 heteroatoms. The van der Waals surface area contributed by atoms with Crippen LogP contribution >= 0.6 is 0 Å². The Morgan fingerprint density at radius 1 is 1.36 bits per heavy atom. The first-order valence-corrected chi connectivity index (χ1v) is 5.37. The van der Waals surface area contributed by atoms with Crippen molar-refractivity contribution >= 4 is 0 Å². The summed E-state index contributed by atoms with van der Waals surface area (Å²) in [5, 5.41) is 4.11. The molecule has 0 aromatic carbocycles. The van der Waals surface area contributed by atoms with E-state index in [1.807, 2.05) is 4.68 Å². The van der Waals surface area contributed by atoms with Gasteiger partial charge in [-0.2, -0.15) is 5.10 Å². The van der Waals surface area contributed by atoms with Gasteiger partial charge in [-0.3, -0.25) is 4.68 Å². The molecular weight excluding hydrogens is 176 g/mol. The van der Waals surface area contributed by atoms with E-state index in [-0.39, 0.29) is 0 Å². The minimum Gasteiger partial charge on any atom is -0.330 e. The highest BCUT2D eigenvalue weighted by molar-refractivity contribution is 4.85. The summed E-state index contributed by atoms with van der Waals surface area (Å²) >= 11 is 0. The fourth-order valence-corrected chi connectivity index (χ4v) is 2.38. The molecule has 1 heterocycles. The molecule has 2 N–H and O–H groups in total. The number of nitrogens with zero attached hydrogens (tertiary/aromatic N) is 3. The lowest BCUT2D eigenvalue weighted by Crippen LogP contribution is -2.28.